The van der Waals surface area contributed by atoms with E-state index in [2.05, 4.69) is 41.7 Å². The Morgan fingerprint density at radius 1 is 0.372 bits per heavy atom. The van der Waals surface area contributed by atoms with Gasteiger partial charge in [-0.05, 0) is 137 Å². The lowest BCUT2D eigenvalue weighted by Gasteiger charge is -2.40. The molecule has 3 fully saturated rings. The Labute approximate surface area is 277 Å². The molecule has 3 aliphatic rings. The molecule has 0 radical (unpaired) electrons. The molecule has 0 aliphatic carbocycles. The van der Waals surface area contributed by atoms with E-state index in [4.69, 9.17) is 0 Å². The maximum absolute atomic E-state index is 3.73. The van der Waals surface area contributed by atoms with Crippen molar-refractivity contribution in [1.82, 2.24) is 41.7 Å². The molecule has 0 aromatic rings. The molecule has 0 unspecified atom stereocenters. The van der Waals surface area contributed by atoms with Gasteiger partial charge in [0, 0.05) is 51.9 Å². The summed E-state index contributed by atoms with van der Waals surface area (Å²) in [5.41, 5.74) is 0. The van der Waals surface area contributed by atoms with E-state index in [1.54, 1.807) is 0 Å². The highest BCUT2D eigenvalue weighted by molar-refractivity contribution is 4.67. The normalized spacial score (nSPS) is 24.8. The summed E-state index contributed by atoms with van der Waals surface area (Å²) in [4.78, 5) is 5.56. The number of nitrogens with one attached hydrogen (secondary N) is 6. The molecular formula is C33H72BrN9. The van der Waals surface area contributed by atoms with E-state index in [1.165, 1.54) is 180 Å². The van der Waals surface area contributed by atoms with Crippen molar-refractivity contribution >= 4 is 0 Å². The van der Waals surface area contributed by atoms with Gasteiger partial charge in [0.1, 0.15) is 0 Å². The molecule has 6 N–H and O–H groups in total. The van der Waals surface area contributed by atoms with E-state index in [9.17, 15) is 0 Å². The summed E-state index contributed by atoms with van der Waals surface area (Å²) >= 11 is 0. The molecule has 0 aromatic heterocycles. The zero-order valence-electron chi connectivity index (χ0n) is 28.1. The van der Waals surface area contributed by atoms with Crippen LogP contribution in [0, 0.1) is 0 Å². The van der Waals surface area contributed by atoms with Crippen LogP contribution in [0.2, 0.25) is 0 Å². The molecule has 0 atom stereocenters. The fraction of sp³-hybridized carbons (Fsp3) is 1.00. The molecule has 0 spiro atoms. The van der Waals surface area contributed by atoms with Gasteiger partial charge in [-0.1, -0.05) is 0 Å². The van der Waals surface area contributed by atoms with Crippen LogP contribution in [0.5, 0.6) is 0 Å². The van der Waals surface area contributed by atoms with Crippen LogP contribution < -0.4 is 48.9 Å². The van der Waals surface area contributed by atoms with Crippen LogP contribution in [0.4, 0.5) is 0 Å². The lowest BCUT2D eigenvalue weighted by molar-refractivity contribution is -0.928. The number of hydrogen-bond acceptors (Lipinski definition) is 8. The second kappa shape index (κ2) is 27.3. The Hall–Kier alpha value is 0.120. The fourth-order valence-corrected chi connectivity index (χ4v) is 7.16. The number of halogens is 1. The largest absolute Gasteiger partial charge is 1.00 e. The first-order chi connectivity index (χ1) is 20.9. The zero-order chi connectivity index (χ0) is 29.2. The van der Waals surface area contributed by atoms with E-state index in [0.29, 0.717) is 0 Å². The molecule has 3 aliphatic heterocycles. The molecule has 0 aromatic carbocycles. The van der Waals surface area contributed by atoms with Crippen LogP contribution in [-0.2, 0) is 0 Å². The second-order valence-electron chi connectivity index (χ2n) is 13.3. The van der Waals surface area contributed by atoms with Crippen molar-refractivity contribution in [2.24, 2.45) is 0 Å². The zero-order valence-corrected chi connectivity index (χ0v) is 29.6. The molecule has 3 rings (SSSR count). The Kier molecular flexibility index (Phi) is 24.9. The van der Waals surface area contributed by atoms with Crippen molar-refractivity contribution in [3.05, 3.63) is 0 Å². The van der Waals surface area contributed by atoms with Crippen molar-refractivity contribution in [2.45, 2.75) is 70.6 Å². The number of quaternary nitrogens is 1. The minimum Gasteiger partial charge on any atom is -1.00 e. The summed E-state index contributed by atoms with van der Waals surface area (Å²) in [5, 5.41) is 22.1. The van der Waals surface area contributed by atoms with Crippen LogP contribution in [0.15, 0.2) is 0 Å². The SMILES string of the molecule is C1CNCCCN(CCC[N+]2(CCCN3CCCNCCCNCCC3)CCCNCCCNCCC2)CCCNC1.[Br-]. The summed E-state index contributed by atoms with van der Waals surface area (Å²) in [5.74, 6) is 0. The summed E-state index contributed by atoms with van der Waals surface area (Å²) in [7, 11) is 0. The van der Waals surface area contributed by atoms with Gasteiger partial charge in [0.05, 0.1) is 26.2 Å². The first kappa shape index (κ1) is 39.3. The van der Waals surface area contributed by atoms with Gasteiger partial charge in [0.25, 0.3) is 0 Å². The lowest BCUT2D eigenvalue weighted by atomic mass is 10.1. The molecule has 3 heterocycles. The van der Waals surface area contributed by atoms with Gasteiger partial charge in [-0.15, -0.1) is 0 Å². The van der Waals surface area contributed by atoms with Gasteiger partial charge in [-0.2, -0.15) is 0 Å². The molecule has 256 valence electrons. The molecule has 0 amide bonds. The number of hydrogen-bond donors (Lipinski definition) is 6. The van der Waals surface area contributed by atoms with Crippen LogP contribution in [0.3, 0.4) is 0 Å². The van der Waals surface area contributed by atoms with Gasteiger partial charge < -0.3 is 63.2 Å². The van der Waals surface area contributed by atoms with Gasteiger partial charge in [-0.3, -0.25) is 0 Å². The molecule has 10 heteroatoms. The van der Waals surface area contributed by atoms with E-state index in [1.807, 2.05) is 0 Å². The van der Waals surface area contributed by atoms with Crippen molar-refractivity contribution in [2.75, 3.05) is 144 Å². The van der Waals surface area contributed by atoms with Crippen molar-refractivity contribution in [3.63, 3.8) is 0 Å². The van der Waals surface area contributed by atoms with E-state index < -0.39 is 0 Å². The predicted octanol–water partition coefficient (Wildman–Crippen LogP) is -1.72. The quantitative estimate of drug-likeness (QED) is 0.170. The van der Waals surface area contributed by atoms with Gasteiger partial charge in [0.15, 0.2) is 0 Å². The summed E-state index contributed by atoms with van der Waals surface area (Å²) in [6.07, 6.45) is 14.2. The molecule has 3 saturated heterocycles. The first-order valence-electron chi connectivity index (χ1n) is 18.4. The van der Waals surface area contributed by atoms with Crippen LogP contribution in [0.1, 0.15) is 70.6 Å². The highest BCUT2D eigenvalue weighted by Crippen LogP contribution is 2.15. The average Bonchev–Trinajstić information content (AvgIpc) is 2.97. The third-order valence-electron chi connectivity index (χ3n) is 9.62. The molecular weight excluding hydrogens is 602 g/mol. The van der Waals surface area contributed by atoms with Crippen molar-refractivity contribution in [3.8, 4) is 0 Å². The fourth-order valence-electron chi connectivity index (χ4n) is 7.16. The van der Waals surface area contributed by atoms with Crippen molar-refractivity contribution in [1.29, 1.82) is 0 Å². The minimum absolute atomic E-state index is 0. The summed E-state index contributed by atoms with van der Waals surface area (Å²) < 4.78 is 1.33. The highest BCUT2D eigenvalue weighted by Gasteiger charge is 2.27. The molecule has 9 nitrogen and oxygen atoms in total. The summed E-state index contributed by atoms with van der Waals surface area (Å²) in [6.45, 7) is 26.9. The third-order valence-corrected chi connectivity index (χ3v) is 9.62. The predicted molar refractivity (Wildman–Crippen MR) is 181 cm³/mol. The Morgan fingerprint density at radius 2 is 0.651 bits per heavy atom. The third kappa shape index (κ3) is 20.1. The molecule has 0 saturated carbocycles. The highest BCUT2D eigenvalue weighted by atomic mass is 79.9. The molecule has 0 bridgehead atoms. The number of rotatable bonds is 8. The lowest BCUT2D eigenvalue weighted by Crippen LogP contribution is -3.00. The van der Waals surface area contributed by atoms with Crippen molar-refractivity contribution < 1.29 is 21.5 Å². The van der Waals surface area contributed by atoms with Gasteiger partial charge in [-0.25, -0.2) is 0 Å². The monoisotopic (exact) mass is 674 g/mol. The van der Waals surface area contributed by atoms with E-state index >= 15 is 0 Å². The molecule has 43 heavy (non-hydrogen) atoms. The Bertz CT molecular complexity index is 541. The summed E-state index contributed by atoms with van der Waals surface area (Å²) in [6, 6.07) is 0. The second-order valence-corrected chi connectivity index (χ2v) is 13.3. The Balaban J connectivity index is 0.00000645. The number of nitrogens with zero attached hydrogens (tertiary/aromatic N) is 3. The van der Waals surface area contributed by atoms with E-state index in [-0.39, 0.29) is 17.0 Å². The maximum atomic E-state index is 3.73. The first-order valence-corrected chi connectivity index (χ1v) is 18.4. The topological polar surface area (TPSA) is 78.7 Å². The standard InChI is InChI=1S/C33H72N9.BrH/c1-12-34-18-4-24-40(25-5-19-35-13-1)28-10-32-42(30-8-22-38-16-3-17-39-23-9-31-42)33-11-29-41-26-6-20-36-14-2-15-37-21-7-27-41;/h34-39H,1-33H2;1H/q+1;/p-1. The van der Waals surface area contributed by atoms with Gasteiger partial charge in [0.2, 0.25) is 0 Å². The maximum Gasteiger partial charge on any atom is 0.0799 e. The van der Waals surface area contributed by atoms with Gasteiger partial charge >= 0.3 is 0 Å². The van der Waals surface area contributed by atoms with Crippen LogP contribution >= 0.6 is 0 Å². The van der Waals surface area contributed by atoms with E-state index in [0.717, 1.165) is 39.3 Å². The smallest absolute Gasteiger partial charge is 0.0799 e. The minimum atomic E-state index is 0. The Morgan fingerprint density at radius 3 is 0.977 bits per heavy atom. The van der Waals surface area contributed by atoms with Crippen LogP contribution in [0.25, 0.3) is 0 Å². The average molecular weight is 675 g/mol. The van der Waals surface area contributed by atoms with Crippen LogP contribution in [-0.4, -0.2) is 158 Å².